The molecule has 0 bridgehead atoms. The van der Waals surface area contributed by atoms with Gasteiger partial charge in [-0.3, -0.25) is 4.79 Å². The number of esters is 1. The maximum atomic E-state index is 10.6. The van der Waals surface area contributed by atoms with Gasteiger partial charge in [0.1, 0.15) is 12.7 Å². The fraction of sp³-hybridized carbons (Fsp3) is 0.889. The smallest absolute Gasteiger partial charge is 0.302 e. The Kier molecular flexibility index (Phi) is 4.86. The second kappa shape index (κ2) is 5.95. The third kappa shape index (κ3) is 4.04. The van der Waals surface area contributed by atoms with Gasteiger partial charge >= 0.3 is 5.97 Å². The van der Waals surface area contributed by atoms with Gasteiger partial charge < -0.3 is 18.9 Å². The van der Waals surface area contributed by atoms with E-state index in [1.807, 2.05) is 0 Å². The van der Waals surface area contributed by atoms with Crippen molar-refractivity contribution in [3.63, 3.8) is 0 Å². The van der Waals surface area contributed by atoms with Crippen LogP contribution in [-0.2, 0) is 23.7 Å². The van der Waals surface area contributed by atoms with E-state index in [0.29, 0.717) is 19.6 Å². The number of methoxy groups -OCH3 is 1. The molecule has 14 heavy (non-hydrogen) atoms. The van der Waals surface area contributed by atoms with Crippen LogP contribution in [-0.4, -0.2) is 45.3 Å². The SMILES string of the molecule is CO[C@H]1CCOC[C@H](COC(C)=O)O1. The van der Waals surface area contributed by atoms with Crippen LogP contribution in [0.4, 0.5) is 0 Å². The quantitative estimate of drug-likeness (QED) is 0.620. The fourth-order valence-corrected chi connectivity index (χ4v) is 1.19. The van der Waals surface area contributed by atoms with E-state index in [1.54, 1.807) is 7.11 Å². The summed E-state index contributed by atoms with van der Waals surface area (Å²) in [6.07, 6.45) is 0.206. The number of rotatable bonds is 3. The fourth-order valence-electron chi connectivity index (χ4n) is 1.19. The lowest BCUT2D eigenvalue weighted by Crippen LogP contribution is -2.29. The van der Waals surface area contributed by atoms with E-state index in [-0.39, 0.29) is 25.0 Å². The third-order valence-corrected chi connectivity index (χ3v) is 1.88. The van der Waals surface area contributed by atoms with Crippen LogP contribution in [0.15, 0.2) is 0 Å². The van der Waals surface area contributed by atoms with E-state index in [9.17, 15) is 4.79 Å². The monoisotopic (exact) mass is 204 g/mol. The molecule has 1 fully saturated rings. The summed E-state index contributed by atoms with van der Waals surface area (Å²) in [6, 6.07) is 0. The Labute approximate surface area is 83.3 Å². The second-order valence-electron chi connectivity index (χ2n) is 3.09. The molecule has 5 heteroatoms. The Hall–Kier alpha value is -0.650. The molecule has 0 radical (unpaired) electrons. The summed E-state index contributed by atoms with van der Waals surface area (Å²) in [5.74, 6) is -0.313. The van der Waals surface area contributed by atoms with Crippen molar-refractivity contribution in [3.8, 4) is 0 Å². The van der Waals surface area contributed by atoms with Crippen LogP contribution in [0.1, 0.15) is 13.3 Å². The van der Waals surface area contributed by atoms with Gasteiger partial charge in [0.25, 0.3) is 0 Å². The first-order valence-corrected chi connectivity index (χ1v) is 4.61. The molecule has 0 aromatic rings. The Bertz CT molecular complexity index is 182. The predicted octanol–water partition coefficient (Wildman–Crippen LogP) is 0.327. The van der Waals surface area contributed by atoms with Gasteiger partial charge in [0.2, 0.25) is 0 Å². The third-order valence-electron chi connectivity index (χ3n) is 1.88. The molecule has 0 spiro atoms. The zero-order valence-corrected chi connectivity index (χ0v) is 8.52. The zero-order chi connectivity index (χ0) is 10.4. The van der Waals surface area contributed by atoms with E-state index in [0.717, 1.165) is 0 Å². The van der Waals surface area contributed by atoms with Crippen LogP contribution in [0, 0.1) is 0 Å². The Morgan fingerprint density at radius 3 is 3.00 bits per heavy atom. The van der Waals surface area contributed by atoms with Gasteiger partial charge in [-0.05, 0) is 0 Å². The minimum Gasteiger partial charge on any atom is -0.463 e. The van der Waals surface area contributed by atoms with Gasteiger partial charge in [-0.25, -0.2) is 0 Å². The molecule has 2 atom stereocenters. The number of ether oxygens (including phenoxy) is 4. The second-order valence-corrected chi connectivity index (χ2v) is 3.09. The van der Waals surface area contributed by atoms with E-state index >= 15 is 0 Å². The van der Waals surface area contributed by atoms with Crippen LogP contribution >= 0.6 is 0 Å². The van der Waals surface area contributed by atoms with Crippen molar-refractivity contribution in [2.45, 2.75) is 25.7 Å². The van der Waals surface area contributed by atoms with Crippen molar-refractivity contribution in [2.24, 2.45) is 0 Å². The normalized spacial score (nSPS) is 28.1. The van der Waals surface area contributed by atoms with Gasteiger partial charge in [-0.1, -0.05) is 0 Å². The van der Waals surface area contributed by atoms with E-state index < -0.39 is 0 Å². The molecule has 5 nitrogen and oxygen atoms in total. The number of hydrogen-bond acceptors (Lipinski definition) is 5. The minimum absolute atomic E-state index is 0.217. The van der Waals surface area contributed by atoms with Gasteiger partial charge in [-0.15, -0.1) is 0 Å². The molecule has 0 saturated carbocycles. The molecule has 0 aromatic heterocycles. The number of carbonyl (C=O) groups is 1. The molecule has 1 rings (SSSR count). The van der Waals surface area contributed by atoms with Crippen molar-refractivity contribution in [2.75, 3.05) is 26.9 Å². The minimum atomic E-state index is -0.313. The maximum Gasteiger partial charge on any atom is 0.302 e. The van der Waals surface area contributed by atoms with Crippen molar-refractivity contribution in [3.05, 3.63) is 0 Å². The van der Waals surface area contributed by atoms with Crippen LogP contribution in [0.5, 0.6) is 0 Å². The first-order valence-electron chi connectivity index (χ1n) is 4.61. The molecular formula is C9H16O5. The van der Waals surface area contributed by atoms with Gasteiger partial charge in [0.15, 0.2) is 6.29 Å². The molecule has 0 aromatic carbocycles. The van der Waals surface area contributed by atoms with Crippen LogP contribution in [0.25, 0.3) is 0 Å². The summed E-state index contributed by atoms with van der Waals surface area (Å²) in [7, 11) is 1.58. The lowest BCUT2D eigenvalue weighted by molar-refractivity contribution is -0.171. The average molecular weight is 204 g/mol. The van der Waals surface area contributed by atoms with E-state index in [1.165, 1.54) is 6.92 Å². The summed E-state index contributed by atoms with van der Waals surface area (Å²) in [6.45, 7) is 2.63. The number of carbonyl (C=O) groups excluding carboxylic acids is 1. The first kappa shape index (κ1) is 11.4. The highest BCUT2D eigenvalue weighted by Gasteiger charge is 2.21. The van der Waals surface area contributed by atoms with Crippen molar-refractivity contribution < 1.29 is 23.7 Å². The Morgan fingerprint density at radius 1 is 1.57 bits per heavy atom. The number of hydrogen-bond donors (Lipinski definition) is 0. The zero-order valence-electron chi connectivity index (χ0n) is 8.52. The van der Waals surface area contributed by atoms with Gasteiger partial charge in [0, 0.05) is 20.5 Å². The van der Waals surface area contributed by atoms with E-state index in [4.69, 9.17) is 18.9 Å². The molecular weight excluding hydrogens is 188 g/mol. The molecule has 1 heterocycles. The van der Waals surface area contributed by atoms with Crippen LogP contribution < -0.4 is 0 Å². The van der Waals surface area contributed by atoms with Crippen molar-refractivity contribution in [1.82, 2.24) is 0 Å². The summed E-state index contributed by atoms with van der Waals surface area (Å²) in [5, 5.41) is 0. The lowest BCUT2D eigenvalue weighted by atomic mass is 10.4. The first-order chi connectivity index (χ1) is 6.72. The van der Waals surface area contributed by atoms with Crippen molar-refractivity contribution in [1.29, 1.82) is 0 Å². The summed E-state index contributed by atoms with van der Waals surface area (Å²) in [5.41, 5.74) is 0. The highest BCUT2D eigenvalue weighted by Crippen LogP contribution is 2.10. The molecule has 82 valence electrons. The summed E-state index contributed by atoms with van der Waals surface area (Å²) in [4.78, 5) is 10.6. The van der Waals surface area contributed by atoms with E-state index in [2.05, 4.69) is 0 Å². The summed E-state index contributed by atoms with van der Waals surface area (Å²) >= 11 is 0. The van der Waals surface area contributed by atoms with Crippen LogP contribution in [0.3, 0.4) is 0 Å². The molecule has 1 aliphatic rings. The Morgan fingerprint density at radius 2 is 2.36 bits per heavy atom. The summed E-state index contributed by atoms with van der Waals surface area (Å²) < 4.78 is 20.7. The van der Waals surface area contributed by atoms with Gasteiger partial charge in [0.05, 0.1) is 13.2 Å². The largest absolute Gasteiger partial charge is 0.463 e. The topological polar surface area (TPSA) is 54.0 Å². The predicted molar refractivity (Wildman–Crippen MR) is 47.7 cm³/mol. The molecule has 1 saturated heterocycles. The molecule has 0 N–H and O–H groups in total. The van der Waals surface area contributed by atoms with Gasteiger partial charge in [-0.2, -0.15) is 0 Å². The van der Waals surface area contributed by atoms with Crippen LogP contribution in [0.2, 0.25) is 0 Å². The molecule has 0 unspecified atom stereocenters. The highest BCUT2D eigenvalue weighted by molar-refractivity contribution is 5.65. The maximum absolute atomic E-state index is 10.6. The molecule has 1 aliphatic heterocycles. The Balaban J connectivity index is 2.31. The standard InChI is InChI=1S/C9H16O5/c1-7(10)13-6-8-5-12-4-3-9(11-2)14-8/h8-9H,3-6H2,1-2H3/t8-,9-/m1/s1. The molecule has 0 amide bonds. The lowest BCUT2D eigenvalue weighted by Gasteiger charge is -2.18. The average Bonchev–Trinajstić information content (AvgIpc) is 2.39. The van der Waals surface area contributed by atoms with Crippen molar-refractivity contribution >= 4 is 5.97 Å². The molecule has 0 aliphatic carbocycles. The highest BCUT2D eigenvalue weighted by atomic mass is 16.7.